The van der Waals surface area contributed by atoms with Crippen LogP contribution in [0.2, 0.25) is 0 Å². The number of carbonyl (C=O) groups is 1. The number of hydrogen-bond acceptors (Lipinski definition) is 3. The fraction of sp³-hybridized carbons (Fsp3) is 0.933. The second-order valence-corrected chi connectivity index (χ2v) is 6.89. The van der Waals surface area contributed by atoms with Gasteiger partial charge in [0.15, 0.2) is 0 Å². The van der Waals surface area contributed by atoms with Crippen molar-refractivity contribution in [2.45, 2.75) is 71.1 Å². The molecule has 3 atom stereocenters. The number of carbonyl (C=O) groups excluding carboxylic acids is 1. The van der Waals surface area contributed by atoms with Crippen molar-refractivity contribution in [1.82, 2.24) is 5.32 Å². The quantitative estimate of drug-likeness (QED) is 0.772. The molecule has 2 aliphatic carbocycles. The Morgan fingerprint density at radius 3 is 2.58 bits per heavy atom. The van der Waals surface area contributed by atoms with Gasteiger partial charge in [-0.2, -0.15) is 0 Å². The van der Waals surface area contributed by atoms with Crippen LogP contribution in [0.5, 0.6) is 0 Å². The first-order valence-electron chi connectivity index (χ1n) is 7.52. The molecule has 2 fully saturated rings. The molecule has 1 amide bonds. The fourth-order valence-corrected chi connectivity index (χ4v) is 3.09. The van der Waals surface area contributed by atoms with Crippen LogP contribution in [0, 0.1) is 11.3 Å². The maximum Gasteiger partial charge on any atom is 0.241 e. The van der Waals surface area contributed by atoms with Gasteiger partial charge in [0.25, 0.3) is 0 Å². The maximum atomic E-state index is 12.4. The molecule has 2 saturated carbocycles. The van der Waals surface area contributed by atoms with Gasteiger partial charge < -0.3 is 15.8 Å². The Morgan fingerprint density at radius 2 is 2.11 bits per heavy atom. The Hall–Kier alpha value is -0.610. The van der Waals surface area contributed by atoms with Gasteiger partial charge in [0.05, 0.1) is 6.10 Å². The van der Waals surface area contributed by atoms with Crippen LogP contribution in [-0.4, -0.2) is 30.2 Å². The highest BCUT2D eigenvalue weighted by Crippen LogP contribution is 2.50. The van der Waals surface area contributed by atoms with Gasteiger partial charge in [-0.05, 0) is 26.2 Å². The van der Waals surface area contributed by atoms with E-state index < -0.39 is 5.54 Å². The highest BCUT2D eigenvalue weighted by atomic mass is 16.5. The monoisotopic (exact) mass is 268 g/mol. The zero-order valence-corrected chi connectivity index (χ0v) is 12.7. The molecule has 19 heavy (non-hydrogen) atoms. The van der Waals surface area contributed by atoms with Crippen LogP contribution in [0.4, 0.5) is 0 Å². The Bertz CT molecular complexity index is 352. The van der Waals surface area contributed by atoms with E-state index in [1.54, 1.807) is 0 Å². The first-order chi connectivity index (χ1) is 8.81. The second kappa shape index (κ2) is 5.06. The Labute approximate surface area is 116 Å². The average molecular weight is 268 g/mol. The van der Waals surface area contributed by atoms with Gasteiger partial charge in [-0.25, -0.2) is 0 Å². The molecule has 0 aromatic carbocycles. The van der Waals surface area contributed by atoms with E-state index in [1.165, 1.54) is 12.8 Å². The van der Waals surface area contributed by atoms with Crippen molar-refractivity contribution in [3.05, 3.63) is 0 Å². The van der Waals surface area contributed by atoms with Crippen LogP contribution in [0.25, 0.3) is 0 Å². The molecule has 0 heterocycles. The molecule has 0 saturated heterocycles. The van der Waals surface area contributed by atoms with Gasteiger partial charge in [-0.1, -0.05) is 26.7 Å². The van der Waals surface area contributed by atoms with E-state index in [4.69, 9.17) is 10.5 Å². The molecular formula is C15H28N2O2. The fourth-order valence-electron chi connectivity index (χ4n) is 3.09. The summed E-state index contributed by atoms with van der Waals surface area (Å²) in [5.74, 6) is 0.802. The molecule has 4 heteroatoms. The summed E-state index contributed by atoms with van der Waals surface area (Å²) in [5, 5.41) is 3.09. The second-order valence-electron chi connectivity index (χ2n) is 6.89. The zero-order chi connectivity index (χ0) is 14.3. The van der Waals surface area contributed by atoms with Crippen molar-refractivity contribution in [3.8, 4) is 0 Å². The van der Waals surface area contributed by atoms with Crippen molar-refractivity contribution >= 4 is 5.91 Å². The SMILES string of the molecule is CCOC1CC(N)(C(=O)NC(C)CC2CC2)C1(C)C. The van der Waals surface area contributed by atoms with Crippen LogP contribution < -0.4 is 11.1 Å². The minimum atomic E-state index is -0.787. The van der Waals surface area contributed by atoms with Gasteiger partial charge >= 0.3 is 0 Å². The van der Waals surface area contributed by atoms with Crippen molar-refractivity contribution in [1.29, 1.82) is 0 Å². The summed E-state index contributed by atoms with van der Waals surface area (Å²) < 4.78 is 5.66. The number of hydrogen-bond donors (Lipinski definition) is 2. The number of nitrogens with one attached hydrogen (secondary N) is 1. The molecule has 2 aliphatic rings. The summed E-state index contributed by atoms with van der Waals surface area (Å²) in [5.41, 5.74) is 5.26. The Kier molecular flexibility index (Phi) is 3.94. The molecule has 0 aliphatic heterocycles. The van der Waals surface area contributed by atoms with Gasteiger partial charge in [0, 0.05) is 24.5 Å². The minimum Gasteiger partial charge on any atom is -0.378 e. The molecular weight excluding hydrogens is 240 g/mol. The lowest BCUT2D eigenvalue weighted by Gasteiger charge is -2.57. The lowest BCUT2D eigenvalue weighted by molar-refractivity contribution is -0.171. The standard InChI is InChI=1S/C15H28N2O2/c1-5-19-12-9-15(16,14(12,3)4)13(18)17-10(2)8-11-6-7-11/h10-12H,5-9,16H2,1-4H3,(H,17,18). The third-order valence-electron chi connectivity index (χ3n) is 5.00. The predicted octanol–water partition coefficient (Wildman–Crippen LogP) is 1.82. The van der Waals surface area contributed by atoms with E-state index in [2.05, 4.69) is 12.2 Å². The lowest BCUT2D eigenvalue weighted by atomic mass is 9.54. The van der Waals surface area contributed by atoms with Crippen molar-refractivity contribution in [3.63, 3.8) is 0 Å². The number of rotatable bonds is 6. The van der Waals surface area contributed by atoms with Crippen LogP contribution in [0.3, 0.4) is 0 Å². The van der Waals surface area contributed by atoms with Crippen molar-refractivity contribution < 1.29 is 9.53 Å². The third kappa shape index (κ3) is 2.65. The summed E-state index contributed by atoms with van der Waals surface area (Å²) in [6, 6.07) is 0.224. The molecule has 0 aromatic heterocycles. The van der Waals surface area contributed by atoms with E-state index in [1.807, 2.05) is 20.8 Å². The summed E-state index contributed by atoms with van der Waals surface area (Å²) in [7, 11) is 0. The summed E-state index contributed by atoms with van der Waals surface area (Å²) >= 11 is 0. The summed E-state index contributed by atoms with van der Waals surface area (Å²) in [4.78, 5) is 12.4. The predicted molar refractivity (Wildman–Crippen MR) is 75.7 cm³/mol. The third-order valence-corrected chi connectivity index (χ3v) is 5.00. The molecule has 3 unspecified atom stereocenters. The first kappa shape index (κ1) is 14.8. The smallest absolute Gasteiger partial charge is 0.241 e. The molecule has 110 valence electrons. The number of amides is 1. The Morgan fingerprint density at radius 1 is 1.47 bits per heavy atom. The van der Waals surface area contributed by atoms with Gasteiger partial charge in [-0.3, -0.25) is 4.79 Å². The molecule has 0 bridgehead atoms. The zero-order valence-electron chi connectivity index (χ0n) is 12.7. The van der Waals surface area contributed by atoms with Crippen LogP contribution in [-0.2, 0) is 9.53 Å². The Balaban J connectivity index is 1.90. The van der Waals surface area contributed by atoms with Gasteiger partial charge in [0.1, 0.15) is 5.54 Å². The molecule has 4 nitrogen and oxygen atoms in total. The van der Waals surface area contributed by atoms with Crippen LogP contribution in [0.15, 0.2) is 0 Å². The highest BCUT2D eigenvalue weighted by Gasteiger charge is 2.62. The maximum absolute atomic E-state index is 12.4. The summed E-state index contributed by atoms with van der Waals surface area (Å²) in [6.45, 7) is 8.78. The largest absolute Gasteiger partial charge is 0.378 e. The molecule has 0 aromatic rings. The van der Waals surface area contributed by atoms with Crippen LogP contribution >= 0.6 is 0 Å². The van der Waals surface area contributed by atoms with E-state index in [-0.39, 0.29) is 23.5 Å². The average Bonchev–Trinajstić information content (AvgIpc) is 3.12. The van der Waals surface area contributed by atoms with Gasteiger partial charge in [0.2, 0.25) is 5.91 Å². The molecule has 3 N–H and O–H groups in total. The first-order valence-corrected chi connectivity index (χ1v) is 7.52. The number of ether oxygens (including phenoxy) is 1. The van der Waals surface area contributed by atoms with E-state index in [0.29, 0.717) is 13.0 Å². The van der Waals surface area contributed by atoms with E-state index >= 15 is 0 Å². The molecule has 0 spiro atoms. The minimum absolute atomic E-state index is 0.0124. The van der Waals surface area contributed by atoms with E-state index in [9.17, 15) is 4.79 Å². The highest BCUT2D eigenvalue weighted by molar-refractivity contribution is 5.89. The molecule has 2 rings (SSSR count). The van der Waals surface area contributed by atoms with Crippen molar-refractivity contribution in [2.75, 3.05) is 6.61 Å². The molecule has 0 radical (unpaired) electrons. The summed E-state index contributed by atoms with van der Waals surface area (Å²) in [6.07, 6.45) is 4.41. The van der Waals surface area contributed by atoms with Gasteiger partial charge in [-0.15, -0.1) is 0 Å². The van der Waals surface area contributed by atoms with Crippen LogP contribution in [0.1, 0.15) is 53.4 Å². The normalized spacial score (nSPS) is 34.5. The lowest BCUT2D eigenvalue weighted by Crippen LogP contribution is -2.76. The van der Waals surface area contributed by atoms with E-state index in [0.717, 1.165) is 12.3 Å². The van der Waals surface area contributed by atoms with Crippen molar-refractivity contribution in [2.24, 2.45) is 17.1 Å². The topological polar surface area (TPSA) is 64.3 Å². The number of nitrogens with two attached hydrogens (primary N) is 1.